The molecule has 1 aromatic carbocycles. The Morgan fingerprint density at radius 1 is 1.37 bits per heavy atom. The van der Waals surface area contributed by atoms with Crippen LogP contribution in [0, 0.1) is 18.7 Å². The monoisotopic (exact) mass is 492 g/mol. The molecule has 1 heterocycles. The van der Waals surface area contributed by atoms with Gasteiger partial charge in [-0.15, -0.1) is 24.0 Å². The number of aryl methyl sites for hydroxylation is 1. The summed E-state index contributed by atoms with van der Waals surface area (Å²) in [5.41, 5.74) is 1.52. The molecule has 0 radical (unpaired) electrons. The van der Waals surface area contributed by atoms with Crippen molar-refractivity contribution in [1.82, 2.24) is 15.5 Å². The lowest BCUT2D eigenvalue weighted by Crippen LogP contribution is -2.50. The van der Waals surface area contributed by atoms with Crippen molar-refractivity contribution >= 4 is 29.9 Å². The van der Waals surface area contributed by atoms with Crippen molar-refractivity contribution in [3.63, 3.8) is 0 Å². The average Bonchev–Trinajstić information content (AvgIpc) is 2.60. The summed E-state index contributed by atoms with van der Waals surface area (Å²) < 4.78 is 19.5. The Hall–Kier alpha value is -0.930. The van der Waals surface area contributed by atoms with Gasteiger partial charge in [0.25, 0.3) is 0 Å². The van der Waals surface area contributed by atoms with Crippen LogP contribution in [0.1, 0.15) is 31.9 Å². The first-order valence-corrected chi connectivity index (χ1v) is 9.59. The number of hydrogen-bond donors (Lipinski definition) is 2. The van der Waals surface area contributed by atoms with E-state index in [0.717, 1.165) is 44.3 Å². The molecular formula is C20H34FIN4O. The van der Waals surface area contributed by atoms with Crippen molar-refractivity contribution in [1.29, 1.82) is 0 Å². The lowest BCUT2D eigenvalue weighted by atomic mass is 10.1. The summed E-state index contributed by atoms with van der Waals surface area (Å²) in [6, 6.07) is 5.26. The standard InChI is InChI=1S/C20H33FN4O.HI/c1-5-22-20(23-11-17-7-6-16(4)19(21)10-17)24-12-18-14-25(8-9-26-18)13-15(2)3;/h6-7,10,15,18H,5,8-9,11-14H2,1-4H3,(H2,22,23,24);1H. The number of hydrogen-bond acceptors (Lipinski definition) is 3. The summed E-state index contributed by atoms with van der Waals surface area (Å²) in [7, 11) is 0. The number of ether oxygens (including phenoxy) is 1. The quantitative estimate of drug-likeness (QED) is 0.349. The van der Waals surface area contributed by atoms with Crippen LogP contribution >= 0.6 is 24.0 Å². The molecule has 0 amide bonds. The summed E-state index contributed by atoms with van der Waals surface area (Å²) in [6.45, 7) is 14.0. The van der Waals surface area contributed by atoms with E-state index in [1.807, 2.05) is 13.0 Å². The van der Waals surface area contributed by atoms with Gasteiger partial charge in [-0.25, -0.2) is 9.38 Å². The fraction of sp³-hybridized carbons (Fsp3) is 0.650. The number of rotatable bonds is 7. The third-order valence-corrected chi connectivity index (χ3v) is 4.34. The van der Waals surface area contributed by atoms with Gasteiger partial charge in [0.15, 0.2) is 5.96 Å². The number of guanidine groups is 1. The number of morpholine rings is 1. The lowest BCUT2D eigenvalue weighted by Gasteiger charge is -2.34. The van der Waals surface area contributed by atoms with Crippen molar-refractivity contribution in [2.45, 2.75) is 40.3 Å². The molecule has 27 heavy (non-hydrogen) atoms. The van der Waals surface area contributed by atoms with E-state index in [1.54, 1.807) is 19.1 Å². The van der Waals surface area contributed by atoms with E-state index in [2.05, 4.69) is 34.4 Å². The van der Waals surface area contributed by atoms with Gasteiger partial charge in [-0.3, -0.25) is 4.90 Å². The summed E-state index contributed by atoms with van der Waals surface area (Å²) in [5, 5.41) is 6.59. The predicted molar refractivity (Wildman–Crippen MR) is 120 cm³/mol. The van der Waals surface area contributed by atoms with E-state index in [0.29, 0.717) is 24.6 Å². The maximum Gasteiger partial charge on any atom is 0.191 e. The maximum absolute atomic E-state index is 13.7. The van der Waals surface area contributed by atoms with Crippen molar-refractivity contribution in [2.75, 3.05) is 39.3 Å². The van der Waals surface area contributed by atoms with Crippen LogP contribution < -0.4 is 10.6 Å². The second-order valence-electron chi connectivity index (χ2n) is 7.31. The molecular weight excluding hydrogens is 458 g/mol. The van der Waals surface area contributed by atoms with Gasteiger partial charge < -0.3 is 15.4 Å². The molecule has 0 saturated carbocycles. The predicted octanol–water partition coefficient (Wildman–Crippen LogP) is 3.16. The van der Waals surface area contributed by atoms with Crippen molar-refractivity contribution in [2.24, 2.45) is 10.9 Å². The number of halogens is 2. The Bertz CT molecular complexity index is 597. The zero-order chi connectivity index (χ0) is 18.9. The topological polar surface area (TPSA) is 48.9 Å². The van der Waals surface area contributed by atoms with Gasteiger partial charge in [0.2, 0.25) is 0 Å². The molecule has 2 N–H and O–H groups in total. The lowest BCUT2D eigenvalue weighted by molar-refractivity contribution is -0.0284. The minimum absolute atomic E-state index is 0. The third kappa shape index (κ3) is 8.74. The Labute approximate surface area is 180 Å². The molecule has 1 aliphatic heterocycles. The van der Waals surface area contributed by atoms with Crippen LogP contribution in [0.3, 0.4) is 0 Å². The Morgan fingerprint density at radius 3 is 2.81 bits per heavy atom. The van der Waals surface area contributed by atoms with Crippen LogP contribution in [0.5, 0.6) is 0 Å². The SMILES string of the molecule is CCNC(=NCc1ccc(C)c(F)c1)NCC1CN(CC(C)C)CCO1.I. The number of nitrogens with one attached hydrogen (secondary N) is 2. The van der Waals surface area contributed by atoms with Crippen LogP contribution in [0.2, 0.25) is 0 Å². The van der Waals surface area contributed by atoms with E-state index in [1.165, 1.54) is 0 Å². The second-order valence-corrected chi connectivity index (χ2v) is 7.31. The summed E-state index contributed by atoms with van der Waals surface area (Å²) in [5.74, 6) is 1.21. The van der Waals surface area contributed by atoms with Gasteiger partial charge in [0, 0.05) is 32.7 Å². The highest BCUT2D eigenvalue weighted by Crippen LogP contribution is 2.10. The Kier molecular flexibility index (Phi) is 11.2. The molecule has 1 aromatic rings. The van der Waals surface area contributed by atoms with Crippen molar-refractivity contribution in [3.8, 4) is 0 Å². The smallest absolute Gasteiger partial charge is 0.191 e. The fourth-order valence-electron chi connectivity index (χ4n) is 3.04. The van der Waals surface area contributed by atoms with Gasteiger partial charge in [-0.1, -0.05) is 26.0 Å². The zero-order valence-corrected chi connectivity index (χ0v) is 19.3. The summed E-state index contributed by atoms with van der Waals surface area (Å²) in [6.07, 6.45) is 0.156. The summed E-state index contributed by atoms with van der Waals surface area (Å²) in [4.78, 5) is 7.02. The largest absolute Gasteiger partial charge is 0.374 e. The van der Waals surface area contributed by atoms with Crippen LogP contribution in [0.4, 0.5) is 4.39 Å². The van der Waals surface area contributed by atoms with E-state index >= 15 is 0 Å². The third-order valence-electron chi connectivity index (χ3n) is 4.34. The minimum Gasteiger partial charge on any atom is -0.374 e. The second kappa shape index (κ2) is 12.5. The molecule has 5 nitrogen and oxygen atoms in total. The first-order chi connectivity index (χ1) is 12.5. The zero-order valence-electron chi connectivity index (χ0n) is 16.9. The number of benzene rings is 1. The molecule has 2 rings (SSSR count). The molecule has 1 atom stereocenters. The molecule has 0 aliphatic carbocycles. The van der Waals surface area contributed by atoms with E-state index in [-0.39, 0.29) is 35.9 Å². The molecule has 7 heteroatoms. The molecule has 154 valence electrons. The van der Waals surface area contributed by atoms with Gasteiger partial charge in [0.1, 0.15) is 5.82 Å². The molecule has 1 unspecified atom stereocenters. The van der Waals surface area contributed by atoms with Gasteiger partial charge >= 0.3 is 0 Å². The Morgan fingerprint density at radius 2 is 2.15 bits per heavy atom. The minimum atomic E-state index is -0.184. The van der Waals surface area contributed by atoms with Gasteiger partial charge in [-0.2, -0.15) is 0 Å². The van der Waals surface area contributed by atoms with Crippen LogP contribution in [0.15, 0.2) is 23.2 Å². The highest BCUT2D eigenvalue weighted by atomic mass is 127. The first kappa shape index (κ1) is 24.1. The highest BCUT2D eigenvalue weighted by molar-refractivity contribution is 14.0. The van der Waals surface area contributed by atoms with E-state index in [9.17, 15) is 4.39 Å². The Balaban J connectivity index is 0.00000364. The average molecular weight is 492 g/mol. The molecule has 1 saturated heterocycles. The van der Waals surface area contributed by atoms with E-state index in [4.69, 9.17) is 4.74 Å². The van der Waals surface area contributed by atoms with Crippen LogP contribution in [0.25, 0.3) is 0 Å². The van der Waals surface area contributed by atoms with Crippen molar-refractivity contribution < 1.29 is 9.13 Å². The molecule has 1 fully saturated rings. The fourth-order valence-corrected chi connectivity index (χ4v) is 3.04. The van der Waals surface area contributed by atoms with E-state index < -0.39 is 0 Å². The normalized spacial score (nSPS) is 18.3. The molecule has 0 spiro atoms. The van der Waals surface area contributed by atoms with Crippen LogP contribution in [-0.4, -0.2) is 56.3 Å². The number of nitrogens with zero attached hydrogens (tertiary/aromatic N) is 2. The van der Waals surface area contributed by atoms with Gasteiger partial charge in [-0.05, 0) is 37.0 Å². The number of aliphatic imine (C=N–C) groups is 1. The maximum atomic E-state index is 13.7. The van der Waals surface area contributed by atoms with Gasteiger partial charge in [0.05, 0.1) is 19.3 Å². The van der Waals surface area contributed by atoms with Crippen LogP contribution in [-0.2, 0) is 11.3 Å². The molecule has 0 aromatic heterocycles. The highest BCUT2D eigenvalue weighted by Gasteiger charge is 2.21. The molecule has 0 bridgehead atoms. The van der Waals surface area contributed by atoms with Crippen molar-refractivity contribution in [3.05, 3.63) is 35.1 Å². The first-order valence-electron chi connectivity index (χ1n) is 9.59. The summed E-state index contributed by atoms with van der Waals surface area (Å²) >= 11 is 0. The molecule has 1 aliphatic rings.